The molecule has 1 fully saturated rings. The van der Waals surface area contributed by atoms with E-state index in [4.69, 9.17) is 14.2 Å². The van der Waals surface area contributed by atoms with Crippen LogP contribution >= 0.6 is 0 Å². The van der Waals surface area contributed by atoms with E-state index < -0.39 is 12.0 Å². The van der Waals surface area contributed by atoms with Crippen LogP contribution in [0.5, 0.6) is 11.5 Å². The third kappa shape index (κ3) is 6.01. The fourth-order valence-corrected chi connectivity index (χ4v) is 4.50. The molecule has 0 spiro atoms. The Kier molecular flexibility index (Phi) is 9.40. The van der Waals surface area contributed by atoms with Crippen molar-refractivity contribution in [3.8, 4) is 11.5 Å². The lowest BCUT2D eigenvalue weighted by Gasteiger charge is -2.37. The number of carbonyl (C=O) groups is 3. The van der Waals surface area contributed by atoms with Gasteiger partial charge in [-0.05, 0) is 38.5 Å². The van der Waals surface area contributed by atoms with Gasteiger partial charge in [-0.1, -0.05) is 0 Å². The van der Waals surface area contributed by atoms with Crippen molar-refractivity contribution in [1.82, 2.24) is 25.3 Å². The molecule has 1 saturated heterocycles. The van der Waals surface area contributed by atoms with Gasteiger partial charge in [-0.2, -0.15) is 0 Å². The van der Waals surface area contributed by atoms with Gasteiger partial charge >= 0.3 is 18.0 Å². The van der Waals surface area contributed by atoms with Crippen LogP contribution in [0.3, 0.4) is 0 Å². The number of amides is 4. The van der Waals surface area contributed by atoms with Gasteiger partial charge in [-0.25, -0.2) is 14.4 Å². The molecule has 0 aliphatic carbocycles. The summed E-state index contributed by atoms with van der Waals surface area (Å²) in [5, 5.41) is 5.77. The number of ether oxygens (including phenoxy) is 3. The molecule has 11 heteroatoms. The highest BCUT2D eigenvalue weighted by atomic mass is 16.5. The first kappa shape index (κ1) is 27.1. The van der Waals surface area contributed by atoms with Crippen LogP contribution in [0.25, 0.3) is 0 Å². The molecule has 1 aromatic rings. The average Bonchev–Trinajstić information content (AvgIpc) is 3.12. The van der Waals surface area contributed by atoms with Crippen molar-refractivity contribution in [2.24, 2.45) is 0 Å². The van der Waals surface area contributed by atoms with E-state index >= 15 is 0 Å². The second-order valence-electron chi connectivity index (χ2n) is 8.58. The molecule has 0 aromatic heterocycles. The van der Waals surface area contributed by atoms with Crippen LogP contribution in [-0.4, -0.2) is 99.9 Å². The van der Waals surface area contributed by atoms with Gasteiger partial charge in [-0.15, -0.1) is 0 Å². The molecule has 2 N–H and O–H groups in total. The summed E-state index contributed by atoms with van der Waals surface area (Å²) in [5.41, 5.74) is 1.49. The zero-order chi connectivity index (χ0) is 26.2. The monoisotopic (exact) mass is 503 g/mol. The molecule has 0 bridgehead atoms. The van der Waals surface area contributed by atoms with Crippen molar-refractivity contribution in [3.05, 3.63) is 35.0 Å². The number of carbonyl (C=O) groups excluding carboxylic acids is 3. The van der Waals surface area contributed by atoms with E-state index in [-0.39, 0.29) is 18.7 Å². The number of urea groups is 2. The number of esters is 1. The minimum Gasteiger partial charge on any atom is -0.497 e. The number of nitrogens with one attached hydrogen (secondary N) is 2. The summed E-state index contributed by atoms with van der Waals surface area (Å²) in [6, 6.07) is 4.04. The van der Waals surface area contributed by atoms with E-state index in [0.29, 0.717) is 61.1 Å². The Morgan fingerprint density at radius 2 is 1.89 bits per heavy atom. The summed E-state index contributed by atoms with van der Waals surface area (Å²) < 4.78 is 16.4. The van der Waals surface area contributed by atoms with Gasteiger partial charge in [0, 0.05) is 57.6 Å². The van der Waals surface area contributed by atoms with Crippen LogP contribution in [0.2, 0.25) is 0 Å². The first-order chi connectivity index (χ1) is 17.3. The predicted molar refractivity (Wildman–Crippen MR) is 134 cm³/mol. The first-order valence-corrected chi connectivity index (χ1v) is 12.3. The zero-order valence-corrected chi connectivity index (χ0v) is 21.8. The number of methoxy groups -OCH3 is 2. The summed E-state index contributed by atoms with van der Waals surface area (Å²) in [4.78, 5) is 44.1. The van der Waals surface area contributed by atoms with Crippen molar-refractivity contribution < 1.29 is 28.6 Å². The largest absolute Gasteiger partial charge is 0.497 e. The molecular formula is C25H37N5O6. The summed E-state index contributed by atoms with van der Waals surface area (Å²) in [6.45, 7) is 7.28. The minimum absolute atomic E-state index is 0.0786. The van der Waals surface area contributed by atoms with Crippen LogP contribution < -0.4 is 20.1 Å². The molecule has 36 heavy (non-hydrogen) atoms. The standard InChI is InChI=1S/C25H37N5O6/c1-6-26-24(32)30-12-8-11-29(13-14-30)16-19-21(23(31)36-7-2)22(27-25(33)28(19)3)18-15-17(34-4)9-10-20(18)35-5/h9-10,15,22H,6-8,11-14,16H2,1-5H3,(H,26,32)(H,27,33)/t22-/m1/s1. The van der Waals surface area contributed by atoms with Gasteiger partial charge in [0.05, 0.1) is 32.4 Å². The maximum absolute atomic E-state index is 13.3. The molecule has 1 aromatic carbocycles. The third-order valence-corrected chi connectivity index (χ3v) is 6.40. The third-order valence-electron chi connectivity index (χ3n) is 6.40. The normalized spacial score (nSPS) is 18.9. The smallest absolute Gasteiger partial charge is 0.338 e. The van der Waals surface area contributed by atoms with E-state index in [1.165, 1.54) is 12.0 Å². The predicted octanol–water partition coefficient (Wildman–Crippen LogP) is 1.95. The zero-order valence-electron chi connectivity index (χ0n) is 21.8. The Morgan fingerprint density at radius 1 is 1.11 bits per heavy atom. The molecule has 4 amide bonds. The van der Waals surface area contributed by atoms with Gasteiger partial charge in [0.15, 0.2) is 0 Å². The Morgan fingerprint density at radius 3 is 2.56 bits per heavy atom. The molecule has 3 rings (SSSR count). The molecule has 2 aliphatic heterocycles. The van der Waals surface area contributed by atoms with E-state index in [0.717, 1.165) is 13.0 Å². The van der Waals surface area contributed by atoms with E-state index in [1.807, 2.05) is 6.92 Å². The lowest BCUT2D eigenvalue weighted by Crippen LogP contribution is -2.49. The molecule has 198 valence electrons. The molecular weight excluding hydrogens is 466 g/mol. The summed E-state index contributed by atoms with van der Waals surface area (Å²) >= 11 is 0. The molecule has 0 saturated carbocycles. The quantitative estimate of drug-likeness (QED) is 0.522. The van der Waals surface area contributed by atoms with Crippen molar-refractivity contribution >= 4 is 18.0 Å². The highest BCUT2D eigenvalue weighted by Crippen LogP contribution is 2.37. The van der Waals surface area contributed by atoms with Crippen LogP contribution in [-0.2, 0) is 9.53 Å². The van der Waals surface area contributed by atoms with Crippen LogP contribution in [0, 0.1) is 0 Å². The SMILES string of the molecule is CCNC(=O)N1CCCN(CC2=C(C(=O)OCC)[C@@H](c3cc(OC)ccc3OC)NC(=O)N2C)CC1. The van der Waals surface area contributed by atoms with Gasteiger partial charge in [0.25, 0.3) is 0 Å². The molecule has 2 heterocycles. The topological polar surface area (TPSA) is 113 Å². The molecule has 0 unspecified atom stereocenters. The van der Waals surface area contributed by atoms with Crippen LogP contribution in [0.15, 0.2) is 29.5 Å². The van der Waals surface area contributed by atoms with E-state index in [2.05, 4.69) is 15.5 Å². The fraction of sp³-hybridized carbons (Fsp3) is 0.560. The number of hydrogen-bond donors (Lipinski definition) is 2. The Balaban J connectivity index is 2.00. The Labute approximate surface area is 212 Å². The maximum atomic E-state index is 13.3. The van der Waals surface area contributed by atoms with E-state index in [1.54, 1.807) is 44.2 Å². The Bertz CT molecular complexity index is 997. The lowest BCUT2D eigenvalue weighted by atomic mass is 9.93. The average molecular weight is 504 g/mol. The van der Waals surface area contributed by atoms with Crippen LogP contribution in [0.1, 0.15) is 31.9 Å². The number of rotatable bonds is 8. The van der Waals surface area contributed by atoms with Crippen molar-refractivity contribution in [1.29, 1.82) is 0 Å². The van der Waals surface area contributed by atoms with Crippen LogP contribution in [0.4, 0.5) is 9.59 Å². The highest BCUT2D eigenvalue weighted by Gasteiger charge is 2.39. The summed E-state index contributed by atoms with van der Waals surface area (Å²) in [6.07, 6.45) is 0.780. The van der Waals surface area contributed by atoms with Crippen molar-refractivity contribution in [2.75, 3.05) is 67.1 Å². The summed E-state index contributed by atoms with van der Waals surface area (Å²) in [7, 11) is 4.73. The second-order valence-corrected chi connectivity index (χ2v) is 8.58. The van der Waals surface area contributed by atoms with Crippen molar-refractivity contribution in [3.63, 3.8) is 0 Å². The second kappa shape index (κ2) is 12.5. The maximum Gasteiger partial charge on any atom is 0.338 e. The number of benzene rings is 1. The highest BCUT2D eigenvalue weighted by molar-refractivity contribution is 5.95. The first-order valence-electron chi connectivity index (χ1n) is 12.3. The van der Waals surface area contributed by atoms with Gasteiger partial charge in [0.1, 0.15) is 11.5 Å². The molecule has 2 aliphatic rings. The van der Waals surface area contributed by atoms with E-state index in [9.17, 15) is 14.4 Å². The summed E-state index contributed by atoms with van der Waals surface area (Å²) in [5.74, 6) is 0.578. The number of hydrogen-bond acceptors (Lipinski definition) is 7. The molecule has 1 atom stereocenters. The minimum atomic E-state index is -0.786. The number of likely N-dealkylation sites (N-methyl/N-ethyl adjacent to an activating group) is 1. The number of nitrogens with zero attached hydrogens (tertiary/aromatic N) is 3. The van der Waals surface area contributed by atoms with Gasteiger partial charge in [-0.3, -0.25) is 9.80 Å². The van der Waals surface area contributed by atoms with Gasteiger partial charge < -0.3 is 29.7 Å². The fourth-order valence-electron chi connectivity index (χ4n) is 4.50. The molecule has 11 nitrogen and oxygen atoms in total. The van der Waals surface area contributed by atoms with Gasteiger partial charge in [0.2, 0.25) is 0 Å². The Hall–Kier alpha value is -3.47. The lowest BCUT2D eigenvalue weighted by molar-refractivity contribution is -0.139. The molecule has 0 radical (unpaired) electrons. The van der Waals surface area contributed by atoms with Crippen molar-refractivity contribution in [2.45, 2.75) is 26.3 Å².